The summed E-state index contributed by atoms with van der Waals surface area (Å²) in [5, 5.41) is 10.5. The maximum atomic E-state index is 9.82. The smallest absolute Gasteiger partial charge is 0.242 e. The Morgan fingerprint density at radius 3 is 1.59 bits per heavy atom. The summed E-state index contributed by atoms with van der Waals surface area (Å²) in [6, 6.07) is 11.6. The highest BCUT2D eigenvalue weighted by atomic mass is 32.1. The monoisotopic (exact) mass is 537 g/mol. The number of hydrogen-bond acceptors (Lipinski definition) is 4. The van der Waals surface area contributed by atoms with Gasteiger partial charge in [0.25, 0.3) is 0 Å². The number of nitrogens with zero attached hydrogens (tertiary/aromatic N) is 1. The highest BCUT2D eigenvalue weighted by Gasteiger charge is 2.06. The molecule has 0 fully saturated rings. The van der Waals surface area contributed by atoms with E-state index >= 15 is 0 Å². The molecule has 3 heterocycles. The molecule has 3 aromatic rings. The number of rotatable bonds is 4. The van der Waals surface area contributed by atoms with Crippen LogP contribution in [0.15, 0.2) is 47.5 Å². The van der Waals surface area contributed by atoms with Gasteiger partial charge < -0.3 is 5.11 Å². The highest BCUT2D eigenvalue weighted by Crippen LogP contribution is 2.24. The van der Waals surface area contributed by atoms with Crippen LogP contribution in [0, 0.1) is 53.9 Å². The van der Waals surface area contributed by atoms with Crippen molar-refractivity contribution >= 4 is 39.0 Å². The van der Waals surface area contributed by atoms with E-state index in [1.807, 2.05) is 30.3 Å². The van der Waals surface area contributed by atoms with Crippen LogP contribution in [0.2, 0.25) is 0 Å². The lowest BCUT2D eigenvalue weighted by Gasteiger charge is -2.05. The van der Waals surface area contributed by atoms with E-state index in [4.69, 9.17) is 6.57 Å². The Bertz CT molecular complexity index is 1570. The molecule has 2 nitrogen and oxygen atoms in total. The van der Waals surface area contributed by atoms with Gasteiger partial charge in [0.2, 0.25) is 5.00 Å². The summed E-state index contributed by atoms with van der Waals surface area (Å²) in [5.41, 5.74) is 1.19. The van der Waals surface area contributed by atoms with Crippen LogP contribution >= 0.6 is 34.0 Å². The Kier molecular flexibility index (Phi) is 10.4. The summed E-state index contributed by atoms with van der Waals surface area (Å²) in [5.74, 6) is 25.6. The first-order valence-electron chi connectivity index (χ1n) is 12.0. The molecule has 0 bridgehead atoms. The minimum Gasteiger partial charge on any atom is -0.378 e. The van der Waals surface area contributed by atoms with E-state index in [0.29, 0.717) is 5.00 Å². The standard InChI is InChI=1S/C32H27NOS3/c1-6-8-24(10-12-26-14-15-28(35-26)16-18-29-20-21-31(33-5)37-29)25(9-7-2)11-13-27-17-19-30(36-27)22-23-32(3,4)34/h14-15,17,19-21,34H,6-9H2,1-4H3. The van der Waals surface area contributed by atoms with E-state index in [0.717, 1.165) is 61.2 Å². The van der Waals surface area contributed by atoms with E-state index in [1.54, 1.807) is 31.3 Å². The average Bonchev–Trinajstić information content (AvgIpc) is 3.62. The molecular formula is C32H27NOS3. The molecule has 1 N–H and O–H groups in total. The van der Waals surface area contributed by atoms with Crippen LogP contribution in [0.4, 0.5) is 5.00 Å². The van der Waals surface area contributed by atoms with Crippen molar-refractivity contribution in [2.24, 2.45) is 0 Å². The second-order valence-corrected chi connectivity index (χ2v) is 11.8. The molecule has 0 radical (unpaired) electrons. The van der Waals surface area contributed by atoms with Gasteiger partial charge in [-0.15, -0.1) is 34.0 Å². The Balaban J connectivity index is 1.83. The minimum absolute atomic E-state index is 0.655. The Morgan fingerprint density at radius 2 is 1.16 bits per heavy atom. The van der Waals surface area contributed by atoms with Crippen LogP contribution in [0.3, 0.4) is 0 Å². The number of thiophene rings is 3. The molecule has 0 aliphatic carbocycles. The third kappa shape index (κ3) is 9.49. The van der Waals surface area contributed by atoms with Gasteiger partial charge in [-0.05, 0) is 69.0 Å². The van der Waals surface area contributed by atoms with Gasteiger partial charge in [-0.25, -0.2) is 4.85 Å². The molecule has 0 aliphatic rings. The molecule has 0 saturated carbocycles. The summed E-state index contributed by atoms with van der Waals surface area (Å²) in [7, 11) is 0. The molecule has 0 aliphatic heterocycles. The zero-order valence-corrected chi connectivity index (χ0v) is 23.9. The lowest BCUT2D eigenvalue weighted by Crippen LogP contribution is -2.14. The fraction of sp³-hybridized carbons (Fsp3) is 0.281. The molecule has 0 aromatic carbocycles. The third-order valence-electron chi connectivity index (χ3n) is 4.75. The largest absolute Gasteiger partial charge is 0.378 e. The highest BCUT2D eigenvalue weighted by molar-refractivity contribution is 7.16. The maximum Gasteiger partial charge on any atom is 0.242 e. The molecule has 0 atom stereocenters. The maximum absolute atomic E-state index is 9.82. The van der Waals surface area contributed by atoms with E-state index in [9.17, 15) is 5.11 Å². The molecule has 184 valence electrons. The van der Waals surface area contributed by atoms with Crippen molar-refractivity contribution in [3.05, 3.63) is 83.3 Å². The summed E-state index contributed by atoms with van der Waals surface area (Å²) < 4.78 is 0. The van der Waals surface area contributed by atoms with Gasteiger partial charge in [0.1, 0.15) is 5.60 Å². The van der Waals surface area contributed by atoms with Gasteiger partial charge in [0, 0.05) is 11.1 Å². The number of hydrogen-bond donors (Lipinski definition) is 1. The van der Waals surface area contributed by atoms with Crippen LogP contribution in [-0.2, 0) is 0 Å². The molecular weight excluding hydrogens is 511 g/mol. The summed E-state index contributed by atoms with van der Waals surface area (Å²) in [4.78, 5) is 8.11. The summed E-state index contributed by atoms with van der Waals surface area (Å²) >= 11 is 4.52. The topological polar surface area (TPSA) is 24.6 Å². The molecule has 3 rings (SSSR count). The van der Waals surface area contributed by atoms with Crippen molar-refractivity contribution in [1.82, 2.24) is 0 Å². The molecule has 0 unspecified atom stereocenters. The minimum atomic E-state index is -1.01. The predicted molar refractivity (Wildman–Crippen MR) is 159 cm³/mol. The van der Waals surface area contributed by atoms with Crippen molar-refractivity contribution in [3.8, 4) is 47.4 Å². The van der Waals surface area contributed by atoms with E-state index < -0.39 is 5.60 Å². The molecule has 0 spiro atoms. The van der Waals surface area contributed by atoms with E-state index in [-0.39, 0.29) is 0 Å². The van der Waals surface area contributed by atoms with Gasteiger partial charge in [-0.3, -0.25) is 0 Å². The van der Waals surface area contributed by atoms with Crippen LogP contribution < -0.4 is 0 Å². The Labute approximate surface area is 232 Å². The normalized spacial score (nSPS) is 10.8. The van der Waals surface area contributed by atoms with Crippen molar-refractivity contribution < 1.29 is 5.11 Å². The zero-order chi connectivity index (χ0) is 26.7. The van der Waals surface area contributed by atoms with Gasteiger partial charge in [0.15, 0.2) is 0 Å². The zero-order valence-electron chi connectivity index (χ0n) is 21.4. The molecule has 5 heteroatoms. The number of allylic oxidation sites excluding steroid dienone is 2. The third-order valence-corrected chi connectivity index (χ3v) is 7.48. The fourth-order valence-corrected chi connectivity index (χ4v) is 5.16. The van der Waals surface area contributed by atoms with Crippen molar-refractivity contribution in [1.29, 1.82) is 0 Å². The second kappa shape index (κ2) is 13.7. The summed E-state index contributed by atoms with van der Waals surface area (Å²) in [6.07, 6.45) is 3.79. The lowest BCUT2D eigenvalue weighted by atomic mass is 10.0. The van der Waals surface area contributed by atoms with Gasteiger partial charge in [-0.2, -0.15) is 0 Å². The van der Waals surface area contributed by atoms with Crippen LogP contribution in [0.5, 0.6) is 0 Å². The SMILES string of the molecule is [C-]#[N+]c1ccc(C#Cc2ccc(C#CC(CCC)=C(C#Cc3ccc(C#CC(C)(C)O)s3)CCC)s2)s1. The van der Waals surface area contributed by atoms with E-state index in [2.05, 4.69) is 66.1 Å². The predicted octanol–water partition coefficient (Wildman–Crippen LogP) is 8.24. The van der Waals surface area contributed by atoms with Crippen molar-refractivity contribution in [3.63, 3.8) is 0 Å². The van der Waals surface area contributed by atoms with E-state index in [1.165, 1.54) is 22.7 Å². The van der Waals surface area contributed by atoms with Gasteiger partial charge >= 0.3 is 0 Å². The first kappa shape index (κ1) is 28.1. The average molecular weight is 538 g/mol. The summed E-state index contributed by atoms with van der Waals surface area (Å²) in [6.45, 7) is 14.8. The van der Waals surface area contributed by atoms with Gasteiger partial charge in [-0.1, -0.05) is 68.1 Å². The first-order valence-corrected chi connectivity index (χ1v) is 14.4. The molecule has 0 saturated heterocycles. The van der Waals surface area contributed by atoms with Gasteiger partial charge in [0.05, 0.1) is 31.0 Å². The molecule has 37 heavy (non-hydrogen) atoms. The fourth-order valence-electron chi connectivity index (χ4n) is 3.09. The number of aliphatic hydroxyl groups is 1. The molecule has 0 amide bonds. The Hall–Kier alpha value is -3.47. The first-order chi connectivity index (χ1) is 17.8. The Morgan fingerprint density at radius 1 is 0.730 bits per heavy atom. The van der Waals surface area contributed by atoms with Crippen molar-refractivity contribution in [2.75, 3.05) is 0 Å². The lowest BCUT2D eigenvalue weighted by molar-refractivity contribution is 0.143. The molecule has 3 aromatic heterocycles. The van der Waals surface area contributed by atoms with Crippen LogP contribution in [0.1, 0.15) is 77.8 Å². The van der Waals surface area contributed by atoms with Crippen molar-refractivity contribution in [2.45, 2.75) is 59.0 Å². The quantitative estimate of drug-likeness (QED) is 0.263. The second-order valence-electron chi connectivity index (χ2n) is 8.59. The van der Waals surface area contributed by atoms with Crippen LogP contribution in [0.25, 0.3) is 4.85 Å². The van der Waals surface area contributed by atoms with Crippen LogP contribution in [-0.4, -0.2) is 10.7 Å².